The molecule has 28 heavy (non-hydrogen) atoms. The lowest BCUT2D eigenvalue weighted by Crippen LogP contribution is -2.49. The van der Waals surface area contributed by atoms with E-state index in [0.29, 0.717) is 18.8 Å². The van der Waals surface area contributed by atoms with Crippen molar-refractivity contribution in [1.29, 1.82) is 0 Å². The molecule has 2 aliphatic heterocycles. The molecule has 0 atom stereocenters. The lowest BCUT2D eigenvalue weighted by atomic mass is 10.1. The van der Waals surface area contributed by atoms with Crippen LogP contribution in [0.15, 0.2) is 36.4 Å². The summed E-state index contributed by atoms with van der Waals surface area (Å²) in [4.78, 5) is 16.4. The summed E-state index contributed by atoms with van der Waals surface area (Å²) >= 11 is 5.92. The molecule has 0 saturated carbocycles. The first-order valence-electron chi connectivity index (χ1n) is 9.05. The Morgan fingerprint density at radius 1 is 1.07 bits per heavy atom. The molecular formula is C20H20ClFN2O4. The van der Waals surface area contributed by atoms with Crippen LogP contribution in [0.3, 0.4) is 0 Å². The van der Waals surface area contributed by atoms with E-state index in [1.807, 2.05) is 18.2 Å². The van der Waals surface area contributed by atoms with Crippen LogP contribution in [0.25, 0.3) is 0 Å². The third-order valence-corrected chi connectivity index (χ3v) is 5.11. The molecule has 2 aromatic carbocycles. The van der Waals surface area contributed by atoms with Crippen LogP contribution in [0.2, 0.25) is 5.02 Å². The fourth-order valence-electron chi connectivity index (χ4n) is 3.28. The van der Waals surface area contributed by atoms with Gasteiger partial charge in [0, 0.05) is 32.7 Å². The molecule has 1 saturated heterocycles. The van der Waals surface area contributed by atoms with E-state index in [9.17, 15) is 9.18 Å². The number of fused-ring (bicyclic) bond motifs is 1. The lowest BCUT2D eigenvalue weighted by molar-refractivity contribution is -0.135. The first-order chi connectivity index (χ1) is 13.6. The van der Waals surface area contributed by atoms with Gasteiger partial charge in [0.15, 0.2) is 18.1 Å². The Bertz CT molecular complexity index is 871. The van der Waals surface area contributed by atoms with Crippen molar-refractivity contribution in [3.05, 3.63) is 52.8 Å². The fraction of sp³-hybridized carbons (Fsp3) is 0.350. The van der Waals surface area contributed by atoms with Gasteiger partial charge < -0.3 is 19.1 Å². The zero-order chi connectivity index (χ0) is 19.5. The summed E-state index contributed by atoms with van der Waals surface area (Å²) in [5.41, 5.74) is 1.15. The van der Waals surface area contributed by atoms with E-state index < -0.39 is 5.82 Å². The van der Waals surface area contributed by atoms with Gasteiger partial charge in [0.2, 0.25) is 6.79 Å². The number of benzene rings is 2. The Hall–Kier alpha value is -2.51. The van der Waals surface area contributed by atoms with Gasteiger partial charge in [0.05, 0.1) is 5.02 Å². The number of hydrogen-bond acceptors (Lipinski definition) is 5. The Morgan fingerprint density at radius 2 is 1.86 bits per heavy atom. The Balaban J connectivity index is 1.25. The van der Waals surface area contributed by atoms with Gasteiger partial charge in [-0.3, -0.25) is 9.69 Å². The minimum atomic E-state index is -0.442. The average Bonchev–Trinajstić information content (AvgIpc) is 3.15. The summed E-state index contributed by atoms with van der Waals surface area (Å²) in [6, 6.07) is 9.80. The normalized spacial score (nSPS) is 16.3. The molecular weight excluding hydrogens is 387 g/mol. The van der Waals surface area contributed by atoms with Crippen molar-refractivity contribution in [2.24, 2.45) is 0 Å². The van der Waals surface area contributed by atoms with Crippen LogP contribution in [0.5, 0.6) is 17.2 Å². The highest BCUT2D eigenvalue weighted by Crippen LogP contribution is 2.32. The second kappa shape index (κ2) is 8.24. The number of carbonyl (C=O) groups excluding carboxylic acids is 1. The molecule has 2 aliphatic rings. The van der Waals surface area contributed by atoms with Crippen LogP contribution in [-0.2, 0) is 11.3 Å². The highest BCUT2D eigenvalue weighted by atomic mass is 35.5. The van der Waals surface area contributed by atoms with Crippen molar-refractivity contribution in [2.75, 3.05) is 39.6 Å². The highest BCUT2D eigenvalue weighted by Gasteiger charge is 2.22. The Kier molecular flexibility index (Phi) is 5.54. The molecule has 8 heteroatoms. The summed E-state index contributed by atoms with van der Waals surface area (Å²) in [7, 11) is 0. The van der Waals surface area contributed by atoms with Crippen LogP contribution in [0.4, 0.5) is 4.39 Å². The standard InChI is InChI=1S/C20H20ClFN2O4/c21-16-10-15(22)2-4-17(16)26-12-20(25)24-7-5-23(6-8-24)11-14-1-3-18-19(9-14)28-13-27-18/h1-4,9-10H,5-8,11-13H2. The summed E-state index contributed by atoms with van der Waals surface area (Å²) < 4.78 is 29.3. The number of hydrogen-bond donors (Lipinski definition) is 0. The molecule has 0 spiro atoms. The molecule has 148 valence electrons. The summed E-state index contributed by atoms with van der Waals surface area (Å²) in [6.07, 6.45) is 0. The quantitative estimate of drug-likeness (QED) is 0.764. The monoisotopic (exact) mass is 406 g/mol. The second-order valence-corrected chi connectivity index (χ2v) is 7.12. The van der Waals surface area contributed by atoms with Gasteiger partial charge in [0.25, 0.3) is 5.91 Å². The summed E-state index contributed by atoms with van der Waals surface area (Å²) in [6.45, 7) is 3.75. The predicted octanol–water partition coefficient (Wildman–Crippen LogP) is 2.93. The summed E-state index contributed by atoms with van der Waals surface area (Å²) in [5, 5.41) is 0.154. The molecule has 0 unspecified atom stereocenters. The van der Waals surface area contributed by atoms with Gasteiger partial charge in [-0.15, -0.1) is 0 Å². The van der Waals surface area contributed by atoms with E-state index in [0.717, 1.165) is 42.8 Å². The number of amides is 1. The van der Waals surface area contributed by atoms with E-state index in [2.05, 4.69) is 4.90 Å². The second-order valence-electron chi connectivity index (χ2n) is 6.71. The van der Waals surface area contributed by atoms with Crippen molar-refractivity contribution in [3.63, 3.8) is 0 Å². The minimum absolute atomic E-state index is 0.108. The molecule has 1 fully saturated rings. The molecule has 2 heterocycles. The van der Waals surface area contributed by atoms with Crippen LogP contribution in [0.1, 0.15) is 5.56 Å². The zero-order valence-electron chi connectivity index (χ0n) is 15.2. The van der Waals surface area contributed by atoms with Crippen molar-refractivity contribution in [1.82, 2.24) is 9.80 Å². The smallest absolute Gasteiger partial charge is 0.260 e. The first-order valence-corrected chi connectivity index (χ1v) is 9.43. The Morgan fingerprint density at radius 3 is 2.64 bits per heavy atom. The van der Waals surface area contributed by atoms with Gasteiger partial charge in [0.1, 0.15) is 11.6 Å². The van der Waals surface area contributed by atoms with Crippen molar-refractivity contribution >= 4 is 17.5 Å². The van der Waals surface area contributed by atoms with Crippen molar-refractivity contribution in [3.8, 4) is 17.2 Å². The van der Waals surface area contributed by atoms with Gasteiger partial charge in [-0.05, 0) is 35.9 Å². The van der Waals surface area contributed by atoms with Crippen molar-refractivity contribution in [2.45, 2.75) is 6.54 Å². The molecule has 0 radical (unpaired) electrons. The molecule has 0 aromatic heterocycles. The van der Waals surface area contributed by atoms with Crippen LogP contribution in [-0.4, -0.2) is 55.3 Å². The average molecular weight is 407 g/mol. The van der Waals surface area contributed by atoms with Crippen LogP contribution < -0.4 is 14.2 Å². The van der Waals surface area contributed by atoms with Crippen LogP contribution in [0, 0.1) is 5.82 Å². The topological polar surface area (TPSA) is 51.2 Å². The number of nitrogens with zero attached hydrogens (tertiary/aromatic N) is 2. The highest BCUT2D eigenvalue weighted by molar-refractivity contribution is 6.32. The number of ether oxygens (including phenoxy) is 3. The van der Waals surface area contributed by atoms with E-state index in [4.69, 9.17) is 25.8 Å². The van der Waals surface area contributed by atoms with Gasteiger partial charge in [-0.1, -0.05) is 17.7 Å². The number of carbonyl (C=O) groups is 1. The van der Waals surface area contributed by atoms with E-state index >= 15 is 0 Å². The molecule has 6 nitrogen and oxygen atoms in total. The number of halogens is 2. The fourth-order valence-corrected chi connectivity index (χ4v) is 3.50. The molecule has 0 aliphatic carbocycles. The largest absolute Gasteiger partial charge is 0.482 e. The van der Waals surface area contributed by atoms with Gasteiger partial charge >= 0.3 is 0 Å². The maximum absolute atomic E-state index is 13.1. The maximum Gasteiger partial charge on any atom is 0.260 e. The summed E-state index contributed by atoms with van der Waals surface area (Å²) in [5.74, 6) is 1.31. The molecule has 4 rings (SSSR count). The predicted molar refractivity (Wildman–Crippen MR) is 101 cm³/mol. The molecule has 0 bridgehead atoms. The van der Waals surface area contributed by atoms with Gasteiger partial charge in [-0.2, -0.15) is 0 Å². The molecule has 2 aromatic rings. The number of rotatable bonds is 5. The lowest BCUT2D eigenvalue weighted by Gasteiger charge is -2.34. The molecule has 0 N–H and O–H groups in total. The molecule has 1 amide bonds. The van der Waals surface area contributed by atoms with Gasteiger partial charge in [-0.25, -0.2) is 4.39 Å². The van der Waals surface area contributed by atoms with E-state index in [1.165, 1.54) is 12.1 Å². The Labute approximate surface area is 167 Å². The van der Waals surface area contributed by atoms with E-state index in [-0.39, 0.29) is 24.3 Å². The maximum atomic E-state index is 13.1. The van der Waals surface area contributed by atoms with Crippen LogP contribution >= 0.6 is 11.6 Å². The zero-order valence-corrected chi connectivity index (χ0v) is 16.0. The SMILES string of the molecule is O=C(COc1ccc(F)cc1Cl)N1CCN(Cc2ccc3c(c2)OCO3)CC1. The third-order valence-electron chi connectivity index (χ3n) is 4.81. The minimum Gasteiger partial charge on any atom is -0.482 e. The third kappa shape index (κ3) is 4.31. The first kappa shape index (κ1) is 18.8. The van der Waals surface area contributed by atoms with E-state index in [1.54, 1.807) is 4.90 Å². The number of piperazine rings is 1. The van der Waals surface area contributed by atoms with Crippen molar-refractivity contribution < 1.29 is 23.4 Å².